The summed E-state index contributed by atoms with van der Waals surface area (Å²) in [5.74, 6) is -1.68. The Morgan fingerprint density at radius 2 is 1.91 bits per heavy atom. The van der Waals surface area contributed by atoms with Crippen molar-refractivity contribution in [3.8, 4) is 0 Å². The van der Waals surface area contributed by atoms with Crippen LogP contribution in [0.3, 0.4) is 0 Å². The van der Waals surface area contributed by atoms with Crippen LogP contribution in [0.1, 0.15) is 12.0 Å². The summed E-state index contributed by atoms with van der Waals surface area (Å²) in [4.78, 5) is 38.2. The fourth-order valence-corrected chi connectivity index (χ4v) is 2.28. The van der Waals surface area contributed by atoms with Gasteiger partial charge in [0.15, 0.2) is 0 Å². The summed E-state index contributed by atoms with van der Waals surface area (Å²) in [6.45, 7) is 0. The van der Waals surface area contributed by atoms with Crippen LogP contribution in [0.2, 0.25) is 0 Å². The number of fused-ring (bicyclic) bond motifs is 1. The van der Waals surface area contributed by atoms with Crippen molar-refractivity contribution in [2.45, 2.75) is 18.9 Å². The van der Waals surface area contributed by atoms with Crippen LogP contribution < -0.4 is 5.32 Å². The molecular weight excluding hydrogens is 306 g/mol. The summed E-state index contributed by atoms with van der Waals surface area (Å²) in [6, 6.07) is 6.52. The summed E-state index contributed by atoms with van der Waals surface area (Å²) in [6.07, 6.45) is 1.55. The maximum absolute atomic E-state index is 12.2. The van der Waals surface area contributed by atoms with E-state index in [1.165, 1.54) is 14.2 Å². The number of aromatic nitrogens is 1. The van der Waals surface area contributed by atoms with Crippen LogP contribution >= 0.6 is 0 Å². The van der Waals surface area contributed by atoms with E-state index < -0.39 is 18.0 Å². The first-order valence-electron chi connectivity index (χ1n) is 7.04. The van der Waals surface area contributed by atoms with Crippen molar-refractivity contribution in [3.63, 3.8) is 0 Å². The third-order valence-electron chi connectivity index (χ3n) is 3.45. The van der Waals surface area contributed by atoms with Crippen molar-refractivity contribution in [3.05, 3.63) is 36.0 Å². The molecule has 1 heterocycles. The molecule has 0 bridgehead atoms. The maximum atomic E-state index is 12.2. The minimum Gasteiger partial charge on any atom is -0.469 e. The van der Waals surface area contributed by atoms with Gasteiger partial charge in [-0.2, -0.15) is 0 Å². The number of esters is 2. The van der Waals surface area contributed by atoms with Crippen LogP contribution in [0.4, 0.5) is 0 Å². The summed E-state index contributed by atoms with van der Waals surface area (Å²) in [5, 5.41) is 3.44. The zero-order valence-electron chi connectivity index (χ0n) is 12.9. The highest BCUT2D eigenvalue weighted by atomic mass is 16.5. The van der Waals surface area contributed by atoms with Gasteiger partial charge in [0.1, 0.15) is 6.04 Å². The molecule has 0 spiro atoms. The van der Waals surface area contributed by atoms with Gasteiger partial charge in [-0.05, 0) is 11.6 Å². The number of amides is 1. The lowest BCUT2D eigenvalue weighted by atomic mass is 10.2. The van der Waals surface area contributed by atoms with Crippen molar-refractivity contribution in [1.29, 1.82) is 0 Å². The number of carbonyl (C=O) groups excluding carboxylic acids is 3. The van der Waals surface area contributed by atoms with Gasteiger partial charge in [-0.3, -0.25) is 9.59 Å². The molecule has 0 unspecified atom stereocenters. The molecule has 0 fully saturated rings. The number of benzene rings is 1. The largest absolute Gasteiger partial charge is 0.469 e. The molecule has 122 valence electrons. The number of ether oxygens (including phenoxy) is 2. The van der Waals surface area contributed by atoms with E-state index in [0.717, 1.165) is 16.5 Å². The lowest BCUT2D eigenvalue weighted by Gasteiger charge is -2.15. The topological polar surface area (TPSA) is 97.5 Å². The summed E-state index contributed by atoms with van der Waals surface area (Å²) in [7, 11) is 2.41. The van der Waals surface area contributed by atoms with Crippen LogP contribution in [-0.4, -0.2) is 43.1 Å². The zero-order valence-corrected chi connectivity index (χ0v) is 12.9. The molecule has 1 amide bonds. The summed E-state index contributed by atoms with van der Waals surface area (Å²) < 4.78 is 9.11. The minimum atomic E-state index is -1.06. The fourth-order valence-electron chi connectivity index (χ4n) is 2.28. The van der Waals surface area contributed by atoms with Crippen molar-refractivity contribution in [1.82, 2.24) is 10.3 Å². The molecule has 0 aliphatic carbocycles. The van der Waals surface area contributed by atoms with E-state index in [2.05, 4.69) is 19.8 Å². The Labute approximate surface area is 133 Å². The molecule has 1 atom stereocenters. The fraction of sp³-hybridized carbons (Fsp3) is 0.312. The number of aromatic amines is 1. The number of rotatable bonds is 6. The molecule has 7 nitrogen and oxygen atoms in total. The number of methoxy groups -OCH3 is 2. The van der Waals surface area contributed by atoms with Crippen LogP contribution in [0.15, 0.2) is 30.5 Å². The highest BCUT2D eigenvalue weighted by molar-refractivity contribution is 5.92. The molecule has 23 heavy (non-hydrogen) atoms. The predicted molar refractivity (Wildman–Crippen MR) is 82.6 cm³/mol. The van der Waals surface area contributed by atoms with Gasteiger partial charge in [-0.25, -0.2) is 4.79 Å². The van der Waals surface area contributed by atoms with E-state index in [0.29, 0.717) is 0 Å². The van der Waals surface area contributed by atoms with E-state index in [4.69, 9.17) is 0 Å². The second kappa shape index (κ2) is 7.44. The van der Waals surface area contributed by atoms with E-state index in [1.807, 2.05) is 24.3 Å². The number of nitrogens with one attached hydrogen (secondary N) is 2. The second-order valence-electron chi connectivity index (χ2n) is 4.96. The van der Waals surface area contributed by atoms with Gasteiger partial charge < -0.3 is 19.8 Å². The van der Waals surface area contributed by atoms with Crippen LogP contribution in [-0.2, 0) is 30.3 Å². The zero-order chi connectivity index (χ0) is 16.8. The molecular formula is C16H18N2O5. The van der Waals surface area contributed by atoms with Crippen molar-refractivity contribution in [2.24, 2.45) is 0 Å². The molecule has 2 N–H and O–H groups in total. The van der Waals surface area contributed by atoms with Gasteiger partial charge in [0.2, 0.25) is 5.91 Å². The first-order valence-corrected chi connectivity index (χ1v) is 7.04. The molecule has 2 rings (SSSR count). The van der Waals surface area contributed by atoms with E-state index >= 15 is 0 Å². The van der Waals surface area contributed by atoms with Gasteiger partial charge in [-0.15, -0.1) is 0 Å². The molecule has 7 heteroatoms. The molecule has 1 aromatic carbocycles. The van der Waals surface area contributed by atoms with Gasteiger partial charge in [-0.1, -0.05) is 18.2 Å². The van der Waals surface area contributed by atoms with Gasteiger partial charge >= 0.3 is 11.9 Å². The number of H-pyrrole nitrogens is 1. The number of hydrogen-bond donors (Lipinski definition) is 2. The Morgan fingerprint density at radius 3 is 2.61 bits per heavy atom. The average molecular weight is 324 g/mol. The van der Waals surface area contributed by atoms with E-state index in [-0.39, 0.29) is 18.7 Å². The summed E-state index contributed by atoms with van der Waals surface area (Å²) in [5.41, 5.74) is 1.73. The average Bonchev–Trinajstić information content (AvgIpc) is 2.96. The molecule has 0 saturated carbocycles. The van der Waals surface area contributed by atoms with Crippen LogP contribution in [0, 0.1) is 0 Å². The molecule has 0 saturated heterocycles. The maximum Gasteiger partial charge on any atom is 0.328 e. The van der Waals surface area contributed by atoms with Crippen molar-refractivity contribution in [2.75, 3.05) is 14.2 Å². The Morgan fingerprint density at radius 1 is 1.17 bits per heavy atom. The second-order valence-corrected chi connectivity index (χ2v) is 4.96. The van der Waals surface area contributed by atoms with Crippen LogP contribution in [0.25, 0.3) is 10.9 Å². The molecule has 1 aromatic heterocycles. The molecule has 0 aliphatic rings. The monoisotopic (exact) mass is 324 g/mol. The standard InChI is InChI=1S/C16H18N2O5/c1-22-15(20)8-13(16(21)23-2)18-14(19)7-10-9-17-12-6-4-3-5-11(10)12/h3-6,9,13,17H,7-8H2,1-2H3,(H,18,19)/t13-/m0/s1/i3+1,4+1,5+1,6+1,11+1,12+1. The lowest BCUT2D eigenvalue weighted by molar-refractivity contribution is -0.150. The number of hydrogen-bond acceptors (Lipinski definition) is 5. The Balaban J connectivity index is 2.06. The van der Waals surface area contributed by atoms with E-state index in [9.17, 15) is 14.4 Å². The minimum absolute atomic E-state index is 0.0820. The first kappa shape index (κ1) is 16.5. The molecule has 0 radical (unpaired) electrons. The first-order chi connectivity index (χ1) is 11.0. The third-order valence-corrected chi connectivity index (χ3v) is 3.45. The van der Waals surface area contributed by atoms with E-state index in [1.54, 1.807) is 6.20 Å². The van der Waals surface area contributed by atoms with Gasteiger partial charge in [0.05, 0.1) is 27.1 Å². The Hall–Kier alpha value is -2.83. The predicted octanol–water partition coefficient (Wildman–Crippen LogP) is 0.931. The van der Waals surface area contributed by atoms with Crippen molar-refractivity contribution < 1.29 is 23.9 Å². The third kappa shape index (κ3) is 4.09. The van der Waals surface area contributed by atoms with Gasteiger partial charge in [0.25, 0.3) is 0 Å². The number of carbonyl (C=O) groups is 3. The quantitative estimate of drug-likeness (QED) is 0.771. The lowest BCUT2D eigenvalue weighted by Crippen LogP contribution is -2.43. The van der Waals surface area contributed by atoms with Gasteiger partial charge in [0, 0.05) is 17.1 Å². The van der Waals surface area contributed by atoms with Crippen molar-refractivity contribution >= 4 is 28.7 Å². The molecule has 2 aromatic rings. The normalized spacial score (nSPS) is 11.7. The van der Waals surface area contributed by atoms with Crippen LogP contribution in [0.5, 0.6) is 0 Å². The SMILES string of the molecule is COC(=O)C[C@H](NC(=O)Cc1c[nH][13c]2[13cH][13cH][13cH][13cH][13c]12)C(=O)OC. The highest BCUT2D eigenvalue weighted by Crippen LogP contribution is 2.18. The Bertz CT molecular complexity index is 722. The highest BCUT2D eigenvalue weighted by Gasteiger charge is 2.25. The Kier molecular flexibility index (Phi) is 5.35. The molecule has 0 aliphatic heterocycles. The smallest absolute Gasteiger partial charge is 0.328 e. The summed E-state index contributed by atoms with van der Waals surface area (Å²) >= 11 is 0. The number of para-hydroxylation sites is 1.